The van der Waals surface area contributed by atoms with Crippen molar-refractivity contribution in [3.63, 3.8) is 0 Å². The van der Waals surface area contributed by atoms with Crippen molar-refractivity contribution < 1.29 is 8.78 Å². The molecule has 0 aromatic heterocycles. The summed E-state index contributed by atoms with van der Waals surface area (Å²) in [5, 5.41) is 7.23. The quantitative estimate of drug-likeness (QED) is 0.667. The molecule has 0 radical (unpaired) electrons. The van der Waals surface area contributed by atoms with Crippen LogP contribution < -0.4 is 10.6 Å². The van der Waals surface area contributed by atoms with E-state index < -0.39 is 11.6 Å². The number of nitrogens with zero attached hydrogens (tertiary/aromatic N) is 1. The van der Waals surface area contributed by atoms with Gasteiger partial charge in [0.1, 0.15) is 11.5 Å². The summed E-state index contributed by atoms with van der Waals surface area (Å²) in [5.41, 5.74) is 6.84. The Morgan fingerprint density at radius 3 is 2.05 bits per heavy atom. The minimum Gasteiger partial charge on any atom is -0.384 e. The molecule has 2 aromatic rings. The van der Waals surface area contributed by atoms with E-state index in [-0.39, 0.29) is 17.1 Å². The van der Waals surface area contributed by atoms with E-state index in [1.165, 1.54) is 4.90 Å². The van der Waals surface area contributed by atoms with Gasteiger partial charge in [-0.3, -0.25) is 5.41 Å². The molecule has 0 amide bonds. The highest BCUT2D eigenvalue weighted by Gasteiger charge is 2.17. The molecule has 0 spiro atoms. The van der Waals surface area contributed by atoms with Gasteiger partial charge in [-0.1, -0.05) is 17.7 Å². The molecule has 3 nitrogen and oxygen atoms in total. The van der Waals surface area contributed by atoms with E-state index in [0.29, 0.717) is 5.69 Å². The number of amidine groups is 1. The molecular formula is C15H15F2N3. The van der Waals surface area contributed by atoms with Gasteiger partial charge in [0, 0.05) is 18.3 Å². The first-order chi connectivity index (χ1) is 9.40. The highest BCUT2D eigenvalue weighted by molar-refractivity contribution is 5.95. The summed E-state index contributed by atoms with van der Waals surface area (Å²) in [6.45, 7) is 1.94. The molecule has 0 aliphatic heterocycles. The summed E-state index contributed by atoms with van der Waals surface area (Å²) < 4.78 is 28.1. The lowest BCUT2D eigenvalue weighted by Crippen LogP contribution is -2.16. The largest absolute Gasteiger partial charge is 0.384 e. The van der Waals surface area contributed by atoms with E-state index in [0.717, 1.165) is 17.7 Å². The number of rotatable bonds is 3. The summed E-state index contributed by atoms with van der Waals surface area (Å²) in [4.78, 5) is 1.42. The minimum atomic E-state index is -0.752. The van der Waals surface area contributed by atoms with Crippen LogP contribution in [0.5, 0.6) is 0 Å². The monoisotopic (exact) mass is 275 g/mol. The molecule has 5 heteroatoms. The van der Waals surface area contributed by atoms with Crippen molar-refractivity contribution in [1.82, 2.24) is 0 Å². The van der Waals surface area contributed by atoms with E-state index in [2.05, 4.69) is 0 Å². The Morgan fingerprint density at radius 1 is 1.10 bits per heavy atom. The van der Waals surface area contributed by atoms with E-state index in [1.54, 1.807) is 19.2 Å². The maximum Gasteiger partial charge on any atom is 0.150 e. The topological polar surface area (TPSA) is 53.1 Å². The molecule has 0 saturated carbocycles. The first-order valence-corrected chi connectivity index (χ1v) is 6.04. The second-order valence-corrected chi connectivity index (χ2v) is 4.60. The second kappa shape index (κ2) is 5.28. The molecule has 0 fully saturated rings. The molecule has 0 unspecified atom stereocenters. The number of benzene rings is 2. The summed E-state index contributed by atoms with van der Waals surface area (Å²) >= 11 is 0. The van der Waals surface area contributed by atoms with Crippen molar-refractivity contribution in [1.29, 1.82) is 5.41 Å². The van der Waals surface area contributed by atoms with Crippen molar-refractivity contribution >= 4 is 17.2 Å². The van der Waals surface area contributed by atoms with Gasteiger partial charge in [0.15, 0.2) is 11.6 Å². The molecule has 2 rings (SSSR count). The Bertz CT molecular complexity index is 628. The molecule has 0 saturated heterocycles. The lowest BCUT2D eigenvalue weighted by Gasteiger charge is -2.21. The summed E-state index contributed by atoms with van der Waals surface area (Å²) in [6, 6.07) is 9.42. The van der Waals surface area contributed by atoms with Crippen LogP contribution in [0, 0.1) is 24.0 Å². The standard InChI is InChI=1S/C15H15F2N3/c1-9-3-5-11(6-4-9)20(2)14-12(16)7-10(15(18)19)8-13(14)17/h3-8H,1-2H3,(H3,18,19). The number of hydrogen-bond acceptors (Lipinski definition) is 2. The summed E-state index contributed by atoms with van der Waals surface area (Å²) in [5.74, 6) is -1.87. The Kier molecular flexibility index (Phi) is 3.70. The average Bonchev–Trinajstić information content (AvgIpc) is 2.38. The van der Waals surface area contributed by atoms with Crippen LogP contribution in [0.3, 0.4) is 0 Å². The van der Waals surface area contributed by atoms with Gasteiger partial charge in [0.05, 0.1) is 0 Å². The van der Waals surface area contributed by atoms with Gasteiger partial charge in [-0.2, -0.15) is 0 Å². The predicted octanol–water partition coefficient (Wildman–Crippen LogP) is 3.33. The average molecular weight is 275 g/mol. The fourth-order valence-electron chi connectivity index (χ4n) is 1.94. The zero-order valence-electron chi connectivity index (χ0n) is 11.2. The summed E-state index contributed by atoms with van der Waals surface area (Å²) in [7, 11) is 1.58. The smallest absolute Gasteiger partial charge is 0.150 e. The third kappa shape index (κ3) is 2.61. The van der Waals surface area contributed by atoms with Gasteiger partial charge in [0.25, 0.3) is 0 Å². The fraction of sp³-hybridized carbons (Fsp3) is 0.133. The van der Waals surface area contributed by atoms with Crippen molar-refractivity contribution in [2.45, 2.75) is 6.92 Å². The maximum atomic E-state index is 14.1. The van der Waals surface area contributed by atoms with E-state index >= 15 is 0 Å². The van der Waals surface area contributed by atoms with E-state index in [4.69, 9.17) is 11.1 Å². The fourth-order valence-corrected chi connectivity index (χ4v) is 1.94. The van der Waals surface area contributed by atoms with Crippen molar-refractivity contribution in [3.8, 4) is 0 Å². The molecule has 3 N–H and O–H groups in total. The van der Waals surface area contributed by atoms with Crippen molar-refractivity contribution in [2.75, 3.05) is 11.9 Å². The van der Waals surface area contributed by atoms with E-state index in [1.807, 2.05) is 19.1 Å². The number of anilines is 2. The highest BCUT2D eigenvalue weighted by atomic mass is 19.1. The van der Waals surface area contributed by atoms with Crippen LogP contribution in [-0.2, 0) is 0 Å². The summed E-state index contributed by atoms with van der Waals surface area (Å²) in [6.07, 6.45) is 0. The molecule has 20 heavy (non-hydrogen) atoms. The number of halogens is 2. The number of aryl methyl sites for hydroxylation is 1. The minimum absolute atomic E-state index is 0.0288. The Hall–Kier alpha value is -2.43. The SMILES string of the molecule is Cc1ccc(N(C)c2c(F)cc(C(=N)N)cc2F)cc1. The van der Waals surface area contributed by atoms with Crippen LogP contribution in [0.15, 0.2) is 36.4 Å². The number of nitrogens with one attached hydrogen (secondary N) is 1. The molecule has 0 aliphatic rings. The van der Waals surface area contributed by atoms with Crippen LogP contribution in [0.4, 0.5) is 20.2 Å². The van der Waals surface area contributed by atoms with E-state index in [9.17, 15) is 8.78 Å². The van der Waals surface area contributed by atoms with Crippen molar-refractivity contribution in [3.05, 3.63) is 59.2 Å². The van der Waals surface area contributed by atoms with Crippen LogP contribution >= 0.6 is 0 Å². The van der Waals surface area contributed by atoms with Gasteiger partial charge >= 0.3 is 0 Å². The Balaban J connectivity index is 2.47. The van der Waals surface area contributed by atoms with Gasteiger partial charge in [-0.25, -0.2) is 8.78 Å². The third-order valence-electron chi connectivity index (χ3n) is 3.08. The maximum absolute atomic E-state index is 14.1. The number of hydrogen-bond donors (Lipinski definition) is 2. The third-order valence-corrected chi connectivity index (χ3v) is 3.08. The first-order valence-electron chi connectivity index (χ1n) is 6.04. The molecule has 2 aromatic carbocycles. The van der Waals surface area contributed by atoms with Crippen LogP contribution in [-0.4, -0.2) is 12.9 Å². The molecule has 0 heterocycles. The highest BCUT2D eigenvalue weighted by Crippen LogP contribution is 2.30. The molecular weight excluding hydrogens is 260 g/mol. The Morgan fingerprint density at radius 2 is 1.60 bits per heavy atom. The van der Waals surface area contributed by atoms with Gasteiger partial charge < -0.3 is 10.6 Å². The van der Waals surface area contributed by atoms with Crippen LogP contribution in [0.2, 0.25) is 0 Å². The normalized spacial score (nSPS) is 10.4. The molecule has 0 bridgehead atoms. The molecule has 104 valence electrons. The zero-order chi connectivity index (χ0) is 14.9. The number of nitrogen functional groups attached to an aromatic ring is 1. The van der Waals surface area contributed by atoms with Gasteiger partial charge in [-0.15, -0.1) is 0 Å². The molecule has 0 atom stereocenters. The van der Waals surface area contributed by atoms with Gasteiger partial charge in [0.2, 0.25) is 0 Å². The lowest BCUT2D eigenvalue weighted by atomic mass is 10.1. The van der Waals surface area contributed by atoms with Crippen molar-refractivity contribution in [2.24, 2.45) is 5.73 Å². The Labute approximate surface area is 116 Å². The van der Waals surface area contributed by atoms with Crippen LogP contribution in [0.1, 0.15) is 11.1 Å². The number of nitrogens with two attached hydrogens (primary N) is 1. The lowest BCUT2D eigenvalue weighted by molar-refractivity contribution is 0.583. The van der Waals surface area contributed by atoms with Crippen LogP contribution in [0.25, 0.3) is 0 Å². The van der Waals surface area contributed by atoms with Gasteiger partial charge in [-0.05, 0) is 31.2 Å². The zero-order valence-corrected chi connectivity index (χ0v) is 11.2. The first kappa shape index (κ1) is 14.0. The second-order valence-electron chi connectivity index (χ2n) is 4.60. The molecule has 0 aliphatic carbocycles. The predicted molar refractivity (Wildman–Crippen MR) is 76.6 cm³/mol.